The Labute approximate surface area is 146 Å². The molecule has 1 aromatic heterocycles. The highest BCUT2D eigenvalue weighted by molar-refractivity contribution is 6.03. The number of benzene rings is 2. The van der Waals surface area contributed by atoms with Crippen LogP contribution in [0.2, 0.25) is 0 Å². The van der Waals surface area contributed by atoms with Crippen LogP contribution >= 0.6 is 0 Å². The lowest BCUT2D eigenvalue weighted by Gasteiger charge is -2.10. The molecular weight excluding hydrogens is 316 g/mol. The fourth-order valence-corrected chi connectivity index (χ4v) is 2.47. The van der Waals surface area contributed by atoms with Crippen molar-refractivity contribution in [2.24, 2.45) is 5.73 Å². The van der Waals surface area contributed by atoms with Crippen LogP contribution in [0.25, 0.3) is 10.9 Å². The van der Waals surface area contributed by atoms with Gasteiger partial charge in [0.25, 0.3) is 0 Å². The summed E-state index contributed by atoms with van der Waals surface area (Å²) in [5.41, 5.74) is 7.62. The molecule has 3 rings (SSSR count). The smallest absolute Gasteiger partial charge is 0.339 e. The molecule has 0 fully saturated rings. The summed E-state index contributed by atoms with van der Waals surface area (Å²) in [5, 5.41) is 0.714. The molecule has 0 aliphatic carbocycles. The van der Waals surface area contributed by atoms with E-state index in [9.17, 15) is 4.79 Å². The summed E-state index contributed by atoms with van der Waals surface area (Å²) in [6, 6.07) is 16.7. The molecule has 0 aliphatic rings. The molecule has 5 nitrogen and oxygen atoms in total. The molecule has 3 aromatic rings. The topological polar surface area (TPSA) is 74.4 Å². The number of nitrogens with zero attached hydrogens (tertiary/aromatic N) is 1. The lowest BCUT2D eigenvalue weighted by molar-refractivity contribution is 0.0475. The predicted molar refractivity (Wildman–Crippen MR) is 96.5 cm³/mol. The van der Waals surface area contributed by atoms with Crippen molar-refractivity contribution >= 4 is 16.9 Å². The number of hydrogen-bond acceptors (Lipinski definition) is 5. The van der Waals surface area contributed by atoms with Crippen molar-refractivity contribution in [1.29, 1.82) is 0 Å². The lowest BCUT2D eigenvalue weighted by Crippen LogP contribution is -2.07. The third-order valence-corrected chi connectivity index (χ3v) is 3.76. The largest absolute Gasteiger partial charge is 0.494 e. The van der Waals surface area contributed by atoms with Gasteiger partial charge in [-0.3, -0.25) is 4.98 Å². The van der Waals surface area contributed by atoms with Crippen molar-refractivity contribution in [3.63, 3.8) is 0 Å². The van der Waals surface area contributed by atoms with Crippen LogP contribution in [0.15, 0.2) is 60.8 Å². The van der Waals surface area contributed by atoms with Gasteiger partial charge in [-0.05, 0) is 42.8 Å². The van der Waals surface area contributed by atoms with Crippen LogP contribution in [-0.4, -0.2) is 24.1 Å². The number of aromatic nitrogens is 1. The maximum absolute atomic E-state index is 12.5. The Hall–Kier alpha value is -2.92. The first-order valence-electron chi connectivity index (χ1n) is 8.20. The highest BCUT2D eigenvalue weighted by Gasteiger charge is 2.13. The highest BCUT2D eigenvalue weighted by Crippen LogP contribution is 2.23. The van der Waals surface area contributed by atoms with Crippen LogP contribution in [0.4, 0.5) is 0 Å². The summed E-state index contributed by atoms with van der Waals surface area (Å²) in [7, 11) is 0. The van der Waals surface area contributed by atoms with Gasteiger partial charge in [-0.2, -0.15) is 0 Å². The number of ether oxygens (including phenoxy) is 2. The zero-order valence-electron chi connectivity index (χ0n) is 13.9. The Morgan fingerprint density at radius 1 is 1.08 bits per heavy atom. The summed E-state index contributed by atoms with van der Waals surface area (Å²) in [6.07, 6.45) is 2.38. The average molecular weight is 336 g/mol. The molecule has 0 spiro atoms. The predicted octanol–water partition coefficient (Wildman–Crippen LogP) is 3.32. The van der Waals surface area contributed by atoms with Gasteiger partial charge in [0.2, 0.25) is 0 Å². The number of rotatable bonds is 7. The number of fused-ring (bicyclic) bond motifs is 1. The normalized spacial score (nSPS) is 10.6. The minimum atomic E-state index is -0.379. The van der Waals surface area contributed by atoms with Crippen LogP contribution in [0.1, 0.15) is 22.3 Å². The van der Waals surface area contributed by atoms with E-state index in [1.165, 1.54) is 0 Å². The Balaban J connectivity index is 1.79. The van der Waals surface area contributed by atoms with Gasteiger partial charge < -0.3 is 15.2 Å². The van der Waals surface area contributed by atoms with Crippen LogP contribution in [-0.2, 0) is 11.3 Å². The summed E-state index contributed by atoms with van der Waals surface area (Å²) >= 11 is 0. The van der Waals surface area contributed by atoms with E-state index in [1.54, 1.807) is 12.3 Å². The SMILES string of the molecule is NCCCOc1ccc2nccc(C(=O)OCc3ccccc3)c2c1. The third kappa shape index (κ3) is 4.33. The quantitative estimate of drug-likeness (QED) is 0.529. The molecule has 0 atom stereocenters. The summed E-state index contributed by atoms with van der Waals surface area (Å²) in [4.78, 5) is 16.8. The molecule has 25 heavy (non-hydrogen) atoms. The second-order valence-corrected chi connectivity index (χ2v) is 5.59. The summed E-state index contributed by atoms with van der Waals surface area (Å²) in [6.45, 7) is 1.35. The fraction of sp³-hybridized carbons (Fsp3) is 0.200. The molecule has 128 valence electrons. The van der Waals surface area contributed by atoms with Gasteiger partial charge in [-0.25, -0.2) is 4.79 Å². The van der Waals surface area contributed by atoms with E-state index in [4.69, 9.17) is 15.2 Å². The first-order valence-corrected chi connectivity index (χ1v) is 8.20. The van der Waals surface area contributed by atoms with Crippen molar-refractivity contribution in [3.05, 3.63) is 71.9 Å². The fourth-order valence-electron chi connectivity index (χ4n) is 2.47. The summed E-state index contributed by atoms with van der Waals surface area (Å²) in [5.74, 6) is 0.307. The Morgan fingerprint density at radius 2 is 1.92 bits per heavy atom. The monoisotopic (exact) mass is 336 g/mol. The zero-order chi connectivity index (χ0) is 17.5. The van der Waals surface area contributed by atoms with Crippen LogP contribution in [0, 0.1) is 0 Å². The molecule has 0 aliphatic heterocycles. The van der Waals surface area contributed by atoms with Gasteiger partial charge in [-0.1, -0.05) is 30.3 Å². The number of carbonyl (C=O) groups excluding carboxylic acids is 1. The van der Waals surface area contributed by atoms with Crippen molar-refractivity contribution in [2.75, 3.05) is 13.2 Å². The maximum atomic E-state index is 12.5. The minimum Gasteiger partial charge on any atom is -0.494 e. The maximum Gasteiger partial charge on any atom is 0.339 e. The van der Waals surface area contributed by atoms with Crippen LogP contribution in [0.5, 0.6) is 5.75 Å². The van der Waals surface area contributed by atoms with E-state index in [1.807, 2.05) is 48.5 Å². The molecule has 2 N–H and O–H groups in total. The average Bonchev–Trinajstić information content (AvgIpc) is 2.66. The molecule has 0 bridgehead atoms. The van der Waals surface area contributed by atoms with E-state index >= 15 is 0 Å². The Morgan fingerprint density at radius 3 is 2.72 bits per heavy atom. The van der Waals surface area contributed by atoms with E-state index < -0.39 is 0 Å². The number of nitrogens with two attached hydrogens (primary N) is 1. The van der Waals surface area contributed by atoms with Crippen LogP contribution in [0.3, 0.4) is 0 Å². The van der Waals surface area contributed by atoms with Crippen LogP contribution < -0.4 is 10.5 Å². The Kier molecular flexibility index (Phi) is 5.59. The number of esters is 1. The van der Waals surface area contributed by atoms with Crippen molar-refractivity contribution in [2.45, 2.75) is 13.0 Å². The van der Waals surface area contributed by atoms with E-state index in [2.05, 4.69) is 4.98 Å². The zero-order valence-corrected chi connectivity index (χ0v) is 13.9. The third-order valence-electron chi connectivity index (χ3n) is 3.76. The summed E-state index contributed by atoms with van der Waals surface area (Å²) < 4.78 is 11.1. The molecule has 0 radical (unpaired) electrons. The Bertz CT molecular complexity index is 850. The second-order valence-electron chi connectivity index (χ2n) is 5.59. The molecular formula is C20H20N2O3. The molecule has 0 saturated heterocycles. The van der Waals surface area contributed by atoms with E-state index in [0.717, 1.165) is 17.5 Å². The first-order chi connectivity index (χ1) is 12.3. The van der Waals surface area contributed by atoms with Gasteiger partial charge in [0.05, 0.1) is 17.7 Å². The molecule has 2 aromatic carbocycles. The highest BCUT2D eigenvalue weighted by atomic mass is 16.5. The number of pyridine rings is 1. The molecule has 0 unspecified atom stereocenters. The lowest BCUT2D eigenvalue weighted by atomic mass is 10.1. The molecule has 0 saturated carbocycles. The van der Waals surface area contributed by atoms with Crippen molar-refractivity contribution in [3.8, 4) is 5.75 Å². The van der Waals surface area contributed by atoms with Gasteiger partial charge >= 0.3 is 5.97 Å². The molecule has 0 amide bonds. The molecule has 5 heteroatoms. The number of hydrogen-bond donors (Lipinski definition) is 1. The minimum absolute atomic E-state index is 0.232. The van der Waals surface area contributed by atoms with Gasteiger partial charge in [-0.15, -0.1) is 0 Å². The van der Waals surface area contributed by atoms with Gasteiger partial charge in [0, 0.05) is 11.6 Å². The standard InChI is InChI=1S/C20H20N2O3/c21-10-4-12-24-16-7-8-19-18(13-16)17(9-11-22-19)20(23)25-14-15-5-2-1-3-6-15/h1-3,5-9,11,13H,4,10,12,14,21H2. The van der Waals surface area contributed by atoms with E-state index in [-0.39, 0.29) is 12.6 Å². The van der Waals surface area contributed by atoms with E-state index in [0.29, 0.717) is 29.9 Å². The van der Waals surface area contributed by atoms with Gasteiger partial charge in [0.15, 0.2) is 0 Å². The van der Waals surface area contributed by atoms with Crippen molar-refractivity contribution < 1.29 is 14.3 Å². The first kappa shape index (κ1) is 16.9. The molecule has 1 heterocycles. The van der Waals surface area contributed by atoms with Crippen molar-refractivity contribution in [1.82, 2.24) is 4.98 Å². The second kappa shape index (κ2) is 8.26. The number of carbonyl (C=O) groups is 1. The van der Waals surface area contributed by atoms with Gasteiger partial charge in [0.1, 0.15) is 12.4 Å².